The Balaban J connectivity index is -0.0000000178. The van der Waals surface area contributed by atoms with Crippen molar-refractivity contribution in [3.63, 3.8) is 0 Å². The van der Waals surface area contributed by atoms with Crippen molar-refractivity contribution in [3.8, 4) is 0 Å². The maximum absolute atomic E-state index is 8.88. The summed E-state index contributed by atoms with van der Waals surface area (Å²) >= 11 is 0. The van der Waals surface area contributed by atoms with Crippen molar-refractivity contribution >= 4 is 16.9 Å². The van der Waals surface area contributed by atoms with Gasteiger partial charge in [0.1, 0.15) is 0 Å². The van der Waals surface area contributed by atoms with Gasteiger partial charge in [-0.3, -0.25) is 0 Å². The molecule has 0 fully saturated rings. The minimum atomic E-state index is -4.64. The average molecular weight is 354 g/mol. The van der Waals surface area contributed by atoms with Crippen molar-refractivity contribution in [2.24, 2.45) is 0 Å². The van der Waals surface area contributed by atoms with Crippen molar-refractivity contribution in [1.82, 2.24) is 0 Å². The van der Waals surface area contributed by atoms with Crippen LogP contribution in [0.2, 0.25) is 0 Å². The molecule has 0 aromatic rings. The number of rotatable bonds is 0. The van der Waals surface area contributed by atoms with Gasteiger partial charge in [-0.1, -0.05) is 0 Å². The van der Waals surface area contributed by atoms with E-state index in [0.717, 1.165) is 0 Å². The van der Waals surface area contributed by atoms with Gasteiger partial charge in [0, 0.05) is 52.0 Å². The van der Waals surface area contributed by atoms with Crippen molar-refractivity contribution in [1.29, 1.82) is 0 Å². The van der Waals surface area contributed by atoms with Gasteiger partial charge < -0.3 is 35.3 Å². The van der Waals surface area contributed by atoms with E-state index in [9.17, 15) is 0 Å². The van der Waals surface area contributed by atoms with Crippen LogP contribution in [0, 0.1) is 0 Å². The maximum atomic E-state index is 8.88. The molecule has 0 rings (SSSR count). The molecule has 0 atom stereocenters. The Labute approximate surface area is 136 Å². The van der Waals surface area contributed by atoms with E-state index in [1.165, 1.54) is 0 Å². The zero-order valence-corrected chi connectivity index (χ0v) is 14.7. The summed E-state index contributed by atoms with van der Waals surface area (Å²) in [5.41, 5.74) is 0. The van der Waals surface area contributed by atoms with Gasteiger partial charge in [-0.2, -0.15) is 0 Å². The Kier molecular flexibility index (Phi) is 29.7. The van der Waals surface area contributed by atoms with E-state index in [1.54, 1.807) is 0 Å². The fraction of sp³-hybridized carbons (Fsp3) is 0. The van der Waals surface area contributed by atoms with Gasteiger partial charge in [-0.25, -0.2) is 4.57 Å². The Morgan fingerprint density at radius 3 is 1.00 bits per heavy atom. The molecule has 0 unspecified atom stereocenters. The smallest absolute Gasteiger partial charge is 1.00 e. The molecule has 0 saturated carbocycles. The molecule has 0 aliphatic heterocycles. The van der Waals surface area contributed by atoms with Gasteiger partial charge in [0.2, 0.25) is 0 Å². The second kappa shape index (κ2) is 13.0. The monoisotopic (exact) mass is 353 g/mol. The van der Waals surface area contributed by atoms with Crippen LogP contribution in [0.15, 0.2) is 0 Å². The Hall–Kier alpha value is 2.92. The van der Waals surface area contributed by atoms with E-state index in [1.807, 2.05) is 0 Å². The van der Waals surface area contributed by atoms with Gasteiger partial charge in [-0.15, -0.1) is 0 Å². The summed E-state index contributed by atoms with van der Waals surface area (Å²) in [6.45, 7) is 0. The summed E-state index contributed by atoms with van der Waals surface area (Å²) in [6, 6.07) is 0. The fourth-order valence-electron chi connectivity index (χ4n) is 0. The molecule has 0 bridgehead atoms. The molecule has 7 N–H and O–H groups in total. The second-order valence-electron chi connectivity index (χ2n) is 1.11. The molecule has 13 heavy (non-hydrogen) atoms. The van der Waals surface area contributed by atoms with E-state index < -0.39 is 16.9 Å². The van der Waals surface area contributed by atoms with E-state index in [-0.39, 0.29) is 83.0 Å². The summed E-state index contributed by atoms with van der Waals surface area (Å²) in [4.78, 5) is 50.9. The van der Waals surface area contributed by atoms with Crippen LogP contribution < -0.4 is 29.6 Å². The first-order chi connectivity index (χ1) is 4.00. The molecular formula is H8NaO8PScSiZr. The van der Waals surface area contributed by atoms with Crippen LogP contribution in [0.3, 0.4) is 0 Å². The van der Waals surface area contributed by atoms with Crippen LogP contribution in [0.25, 0.3) is 0 Å². The second-order valence-corrected chi connectivity index (χ2v) is 3.34. The minimum Gasteiger partial charge on any atom is -1.00 e. The summed E-state index contributed by atoms with van der Waals surface area (Å²) in [5.74, 6) is 0. The molecular weight excluding hydrogens is 346 g/mol. The number of hydrogen-bond acceptors (Lipinski definition) is 5. The summed E-state index contributed by atoms with van der Waals surface area (Å²) in [5, 5.41) is 0. The third kappa shape index (κ3) is 292. The first-order valence-corrected chi connectivity index (χ1v) is 5.03. The third-order valence-corrected chi connectivity index (χ3v) is 0. The maximum Gasteiger partial charge on any atom is 1.00 e. The van der Waals surface area contributed by atoms with Crippen molar-refractivity contribution < 1.29 is 121 Å². The quantitative estimate of drug-likeness (QED) is 0.167. The Morgan fingerprint density at radius 1 is 1.00 bits per heavy atom. The first kappa shape index (κ1) is 29.7. The molecule has 0 aliphatic rings. The largest absolute Gasteiger partial charge is 1.00 e. The normalized spacial score (nSPS) is 9.15. The Bertz CT molecular complexity index is 122. The molecule has 0 aromatic heterocycles. The predicted octanol–water partition coefficient (Wildman–Crippen LogP) is -6.43. The van der Waals surface area contributed by atoms with Crippen LogP contribution in [-0.2, 0) is 56.6 Å². The number of hydrogen-bond donors (Lipinski definition) is 7. The first-order valence-electron chi connectivity index (χ1n) is 1.68. The Morgan fingerprint density at radius 2 is 1.00 bits per heavy atom. The van der Waals surface area contributed by atoms with E-state index >= 15 is 0 Å². The third-order valence-electron chi connectivity index (χ3n) is 0. The van der Waals surface area contributed by atoms with Gasteiger partial charge in [0.25, 0.3) is 0 Å². The average Bonchev–Trinajstić information content (AvgIpc) is 1.12. The van der Waals surface area contributed by atoms with Crippen molar-refractivity contribution in [3.05, 3.63) is 0 Å². The topological polar surface area (TPSA) is 159 Å². The molecule has 1 radical (unpaired) electrons. The van der Waals surface area contributed by atoms with Crippen LogP contribution in [-0.4, -0.2) is 42.9 Å². The molecule has 8 nitrogen and oxygen atoms in total. The molecule has 0 amide bonds. The summed E-state index contributed by atoms with van der Waals surface area (Å²) in [7, 11) is -9.25. The van der Waals surface area contributed by atoms with Crippen molar-refractivity contribution in [2.45, 2.75) is 0 Å². The van der Waals surface area contributed by atoms with Crippen LogP contribution in [0.1, 0.15) is 1.43 Å². The van der Waals surface area contributed by atoms with E-state index in [4.69, 9.17) is 38.4 Å². The van der Waals surface area contributed by atoms with E-state index in [2.05, 4.69) is 0 Å². The molecule has 0 saturated heterocycles. The van der Waals surface area contributed by atoms with Gasteiger partial charge in [0.05, 0.1) is 0 Å². The zero-order chi connectivity index (χ0) is 9.00. The molecule has 0 heterocycles. The molecule has 73 valence electrons. The predicted molar refractivity (Wildman–Crippen MR) is 30.0 cm³/mol. The van der Waals surface area contributed by atoms with E-state index in [0.29, 0.717) is 0 Å². The molecule has 0 aliphatic carbocycles. The molecule has 0 spiro atoms. The summed E-state index contributed by atoms with van der Waals surface area (Å²) < 4.78 is 8.88. The van der Waals surface area contributed by atoms with Crippen molar-refractivity contribution in [2.75, 3.05) is 0 Å². The standard InChI is InChI=1S/Na.H3O4P.H4O4Si.Sc.Zr.H/c;2*1-5(2,3)4;;;/h;(H3,1,2,3,4);1-4H;;;/q+1;;;;;-1. The molecule has 13 heteroatoms. The van der Waals surface area contributed by atoms with Gasteiger partial charge >= 0.3 is 46.4 Å². The van der Waals surface area contributed by atoms with Gasteiger partial charge in [-0.05, 0) is 0 Å². The fourth-order valence-corrected chi connectivity index (χ4v) is 0. The van der Waals surface area contributed by atoms with Crippen LogP contribution in [0.5, 0.6) is 0 Å². The number of phosphoric acid groups is 1. The van der Waals surface area contributed by atoms with Gasteiger partial charge in [0.15, 0.2) is 0 Å². The summed E-state index contributed by atoms with van der Waals surface area (Å²) in [6.07, 6.45) is 0. The SMILES string of the molecule is O=P(O)(O)O.O[Si](O)(O)O.[H-].[Na+].[Sc].[Zr]. The zero-order valence-electron chi connectivity index (χ0n) is 7.56. The minimum absolute atomic E-state index is 0. The van der Waals surface area contributed by atoms with Crippen LogP contribution >= 0.6 is 7.82 Å². The molecule has 0 aromatic carbocycles. The van der Waals surface area contributed by atoms with Crippen LogP contribution in [0.4, 0.5) is 0 Å².